The molecule has 0 heterocycles. The van der Waals surface area contributed by atoms with Crippen LogP contribution in [0.2, 0.25) is 0 Å². The Balaban J connectivity index is 3.92. The van der Waals surface area contributed by atoms with Crippen LogP contribution < -0.4 is 11.5 Å². The average molecular weight is 206 g/mol. The standard InChI is InChI=1S/C8H18N2O2S/c1-6(8(10)11)5-13(12)7(2)3-4-9/h6-7H,3-5,9H2,1-2H3,(H2,10,11). The zero-order chi connectivity index (χ0) is 10.4. The SMILES string of the molecule is CC(CS(=O)C(C)CCN)C(N)=O. The van der Waals surface area contributed by atoms with Gasteiger partial charge in [-0.15, -0.1) is 0 Å². The van der Waals surface area contributed by atoms with E-state index in [2.05, 4.69) is 0 Å². The minimum absolute atomic E-state index is 0.0480. The fourth-order valence-electron chi connectivity index (χ4n) is 0.859. The Morgan fingerprint density at radius 1 is 1.46 bits per heavy atom. The lowest BCUT2D eigenvalue weighted by Crippen LogP contribution is -2.28. The van der Waals surface area contributed by atoms with Crippen LogP contribution in [0.3, 0.4) is 0 Å². The van der Waals surface area contributed by atoms with Crippen LogP contribution in [0.5, 0.6) is 0 Å². The molecule has 0 aliphatic carbocycles. The summed E-state index contributed by atoms with van der Waals surface area (Å²) in [5.41, 5.74) is 10.4. The maximum absolute atomic E-state index is 11.5. The second kappa shape index (κ2) is 6.10. The molecule has 0 aromatic carbocycles. The topological polar surface area (TPSA) is 86.2 Å². The zero-order valence-electron chi connectivity index (χ0n) is 8.16. The summed E-state index contributed by atoms with van der Waals surface area (Å²) < 4.78 is 11.5. The first-order valence-corrected chi connectivity index (χ1v) is 5.73. The molecular weight excluding hydrogens is 188 g/mol. The van der Waals surface area contributed by atoms with E-state index in [1.165, 1.54) is 0 Å². The number of carbonyl (C=O) groups excluding carboxylic acids is 1. The van der Waals surface area contributed by atoms with Crippen molar-refractivity contribution in [1.82, 2.24) is 0 Å². The highest BCUT2D eigenvalue weighted by Crippen LogP contribution is 2.05. The van der Waals surface area contributed by atoms with Crippen molar-refractivity contribution in [3.63, 3.8) is 0 Å². The van der Waals surface area contributed by atoms with Crippen LogP contribution >= 0.6 is 0 Å². The summed E-state index contributed by atoms with van der Waals surface area (Å²) in [6.45, 7) is 4.09. The normalized spacial score (nSPS) is 17.8. The van der Waals surface area contributed by atoms with E-state index in [4.69, 9.17) is 11.5 Å². The summed E-state index contributed by atoms with van der Waals surface area (Å²) in [4.78, 5) is 10.7. The van der Waals surface area contributed by atoms with Crippen LogP contribution in [0, 0.1) is 5.92 Å². The van der Waals surface area contributed by atoms with Gasteiger partial charge in [0.05, 0.1) is 0 Å². The molecular formula is C8H18N2O2S. The Morgan fingerprint density at radius 2 is 2.00 bits per heavy atom. The van der Waals surface area contributed by atoms with Crippen LogP contribution in [0.25, 0.3) is 0 Å². The number of hydrogen-bond acceptors (Lipinski definition) is 3. The quantitative estimate of drug-likeness (QED) is 0.619. The Labute approximate surface area is 81.5 Å². The van der Waals surface area contributed by atoms with Crippen molar-refractivity contribution in [1.29, 1.82) is 0 Å². The van der Waals surface area contributed by atoms with Crippen LogP contribution in [-0.2, 0) is 15.6 Å². The van der Waals surface area contributed by atoms with Gasteiger partial charge in [-0.25, -0.2) is 0 Å². The molecule has 0 radical (unpaired) electrons. The van der Waals surface area contributed by atoms with Crippen LogP contribution in [0.4, 0.5) is 0 Å². The summed E-state index contributed by atoms with van der Waals surface area (Å²) in [5.74, 6) is -0.370. The molecule has 0 aromatic rings. The van der Waals surface area contributed by atoms with Crippen molar-refractivity contribution in [3.05, 3.63) is 0 Å². The molecule has 1 amide bonds. The van der Waals surface area contributed by atoms with Gasteiger partial charge in [0.2, 0.25) is 5.91 Å². The van der Waals surface area contributed by atoms with Gasteiger partial charge >= 0.3 is 0 Å². The highest BCUT2D eigenvalue weighted by molar-refractivity contribution is 7.85. The zero-order valence-corrected chi connectivity index (χ0v) is 8.97. The van der Waals surface area contributed by atoms with E-state index in [1.807, 2.05) is 6.92 Å². The highest BCUT2D eigenvalue weighted by Gasteiger charge is 2.16. The lowest BCUT2D eigenvalue weighted by Gasteiger charge is -2.12. The van der Waals surface area contributed by atoms with Gasteiger partial charge in [-0.05, 0) is 13.0 Å². The van der Waals surface area contributed by atoms with Gasteiger partial charge in [0.15, 0.2) is 0 Å². The molecule has 13 heavy (non-hydrogen) atoms. The van der Waals surface area contributed by atoms with Gasteiger partial charge in [0, 0.05) is 27.7 Å². The van der Waals surface area contributed by atoms with Crippen molar-refractivity contribution >= 4 is 16.7 Å². The second-order valence-electron chi connectivity index (χ2n) is 3.24. The van der Waals surface area contributed by atoms with E-state index < -0.39 is 16.7 Å². The van der Waals surface area contributed by atoms with E-state index in [9.17, 15) is 9.00 Å². The van der Waals surface area contributed by atoms with Crippen molar-refractivity contribution in [2.75, 3.05) is 12.3 Å². The summed E-state index contributed by atoms with van der Waals surface area (Å²) in [6.07, 6.45) is 0.720. The summed E-state index contributed by atoms with van der Waals surface area (Å²) >= 11 is 0. The third-order valence-corrected chi connectivity index (χ3v) is 3.88. The van der Waals surface area contributed by atoms with Crippen LogP contribution in [0.1, 0.15) is 20.3 Å². The maximum atomic E-state index is 11.5. The molecule has 0 bridgehead atoms. The van der Waals surface area contributed by atoms with Gasteiger partial charge in [-0.1, -0.05) is 13.8 Å². The maximum Gasteiger partial charge on any atom is 0.221 e. The number of nitrogens with two attached hydrogens (primary N) is 2. The number of hydrogen-bond donors (Lipinski definition) is 2. The summed E-state index contributed by atoms with van der Waals surface area (Å²) in [6, 6.07) is 0. The molecule has 0 saturated carbocycles. The first kappa shape index (κ1) is 12.6. The monoisotopic (exact) mass is 206 g/mol. The van der Waals surface area contributed by atoms with Crippen molar-refractivity contribution < 1.29 is 9.00 Å². The van der Waals surface area contributed by atoms with E-state index in [0.29, 0.717) is 12.3 Å². The summed E-state index contributed by atoms with van der Waals surface area (Å²) in [5, 5.41) is 0.0480. The Morgan fingerprint density at radius 3 is 2.38 bits per heavy atom. The molecule has 0 saturated heterocycles. The van der Waals surface area contributed by atoms with E-state index in [1.54, 1.807) is 6.92 Å². The van der Waals surface area contributed by atoms with Crippen molar-refractivity contribution in [2.45, 2.75) is 25.5 Å². The Hall–Kier alpha value is -0.420. The molecule has 4 nitrogen and oxygen atoms in total. The first-order valence-electron chi connectivity index (χ1n) is 4.35. The molecule has 3 atom stereocenters. The predicted molar refractivity (Wildman–Crippen MR) is 54.5 cm³/mol. The van der Waals surface area contributed by atoms with E-state index in [-0.39, 0.29) is 11.2 Å². The molecule has 4 N–H and O–H groups in total. The first-order chi connectivity index (χ1) is 5.99. The molecule has 0 spiro atoms. The van der Waals surface area contributed by atoms with Gasteiger partial charge in [0.25, 0.3) is 0 Å². The lowest BCUT2D eigenvalue weighted by atomic mass is 10.2. The van der Waals surface area contributed by atoms with Gasteiger partial charge in [0.1, 0.15) is 0 Å². The van der Waals surface area contributed by atoms with Crippen molar-refractivity contribution in [3.8, 4) is 0 Å². The highest BCUT2D eigenvalue weighted by atomic mass is 32.2. The van der Waals surface area contributed by atoms with Gasteiger partial charge in [-0.2, -0.15) is 0 Å². The molecule has 0 aliphatic rings. The third-order valence-electron chi connectivity index (χ3n) is 1.92. The molecule has 0 fully saturated rings. The minimum atomic E-state index is -0.996. The van der Waals surface area contributed by atoms with Gasteiger partial charge in [-0.3, -0.25) is 9.00 Å². The van der Waals surface area contributed by atoms with Gasteiger partial charge < -0.3 is 11.5 Å². The Kier molecular flexibility index (Phi) is 5.90. The second-order valence-corrected chi connectivity index (χ2v) is 5.14. The fraction of sp³-hybridized carbons (Fsp3) is 0.875. The number of carbonyl (C=O) groups is 1. The molecule has 0 rings (SSSR count). The molecule has 78 valence electrons. The van der Waals surface area contributed by atoms with E-state index in [0.717, 1.165) is 6.42 Å². The van der Waals surface area contributed by atoms with Crippen molar-refractivity contribution in [2.24, 2.45) is 17.4 Å². The molecule has 0 aromatic heterocycles. The lowest BCUT2D eigenvalue weighted by molar-refractivity contribution is -0.120. The van der Waals surface area contributed by atoms with Crippen LogP contribution in [0.15, 0.2) is 0 Å². The number of primary amides is 1. The predicted octanol–water partition coefficient (Wildman–Crippen LogP) is -0.406. The third kappa shape index (κ3) is 5.00. The largest absolute Gasteiger partial charge is 0.369 e. The smallest absolute Gasteiger partial charge is 0.221 e. The Bertz CT molecular complexity index is 197. The summed E-state index contributed by atoms with van der Waals surface area (Å²) in [7, 11) is -0.996. The number of rotatable bonds is 6. The molecule has 3 unspecified atom stereocenters. The molecule has 0 aliphatic heterocycles. The fourth-order valence-corrected chi connectivity index (χ4v) is 2.24. The molecule has 5 heteroatoms. The average Bonchev–Trinajstić information content (AvgIpc) is 2.04. The minimum Gasteiger partial charge on any atom is -0.369 e. The van der Waals surface area contributed by atoms with E-state index >= 15 is 0 Å². The van der Waals surface area contributed by atoms with Crippen LogP contribution in [-0.4, -0.2) is 27.7 Å². The number of amides is 1.